The van der Waals surface area contributed by atoms with E-state index in [-0.39, 0.29) is 6.54 Å². The lowest BCUT2D eigenvalue weighted by Crippen LogP contribution is -2.53. The van der Waals surface area contributed by atoms with Gasteiger partial charge in [-0.3, -0.25) is 5.43 Å². The molecule has 1 aromatic carbocycles. The molecule has 0 spiro atoms. The molecule has 29 heavy (non-hydrogen) atoms. The summed E-state index contributed by atoms with van der Waals surface area (Å²) in [6, 6.07) is 8.90. The fraction of sp³-hybridized carbons (Fsp3) is 0.619. The van der Waals surface area contributed by atoms with Crippen molar-refractivity contribution >= 4 is 12.2 Å². The Morgan fingerprint density at radius 1 is 1.00 bits per heavy atom. The predicted molar refractivity (Wildman–Crippen MR) is 111 cm³/mol. The van der Waals surface area contributed by atoms with E-state index in [1.807, 2.05) is 30.3 Å². The second kappa shape index (κ2) is 10.5. The Kier molecular flexibility index (Phi) is 8.91. The molecule has 0 fully saturated rings. The monoisotopic (exact) mass is 409 g/mol. The summed E-state index contributed by atoms with van der Waals surface area (Å²) < 4.78 is 10.5. The van der Waals surface area contributed by atoms with Crippen molar-refractivity contribution in [2.75, 3.05) is 13.6 Å². The summed E-state index contributed by atoms with van der Waals surface area (Å²) in [7, 11) is 1.61. The second-order valence-electron chi connectivity index (χ2n) is 9.00. The number of aliphatic hydroxyl groups is 1. The van der Waals surface area contributed by atoms with Gasteiger partial charge in [-0.15, -0.1) is 0 Å². The van der Waals surface area contributed by atoms with Gasteiger partial charge in [0.15, 0.2) is 0 Å². The maximum Gasteiger partial charge on any atom is 0.422 e. The third-order valence-electron chi connectivity index (χ3n) is 3.61. The Morgan fingerprint density at radius 2 is 1.52 bits per heavy atom. The van der Waals surface area contributed by atoms with Gasteiger partial charge in [-0.25, -0.2) is 14.6 Å². The van der Waals surface area contributed by atoms with E-state index in [0.717, 1.165) is 5.56 Å². The van der Waals surface area contributed by atoms with E-state index in [4.69, 9.17) is 9.47 Å². The smallest absolute Gasteiger partial charge is 0.422 e. The van der Waals surface area contributed by atoms with E-state index in [9.17, 15) is 14.7 Å². The average molecular weight is 410 g/mol. The molecule has 0 saturated heterocycles. The first-order chi connectivity index (χ1) is 13.2. The molecule has 0 aliphatic carbocycles. The number of likely N-dealkylation sites (N-methyl/N-ethyl adjacent to an activating group) is 1. The number of nitrogens with zero attached hydrogens (tertiary/aromatic N) is 1. The van der Waals surface area contributed by atoms with E-state index < -0.39 is 35.5 Å². The molecule has 8 heteroatoms. The lowest BCUT2D eigenvalue weighted by Gasteiger charge is -2.30. The largest absolute Gasteiger partial charge is 0.444 e. The fourth-order valence-electron chi connectivity index (χ4n) is 2.52. The molecule has 0 aliphatic rings. The lowest BCUT2D eigenvalue weighted by atomic mass is 10.0. The molecule has 2 atom stereocenters. The zero-order chi connectivity index (χ0) is 22.2. The van der Waals surface area contributed by atoms with E-state index in [1.54, 1.807) is 48.6 Å². The van der Waals surface area contributed by atoms with Gasteiger partial charge in [0.05, 0.1) is 12.1 Å². The topological polar surface area (TPSA) is 100 Å². The van der Waals surface area contributed by atoms with Crippen LogP contribution in [0, 0.1) is 0 Å². The van der Waals surface area contributed by atoms with E-state index in [0.29, 0.717) is 6.42 Å². The van der Waals surface area contributed by atoms with Gasteiger partial charge in [0.2, 0.25) is 0 Å². The molecule has 1 rings (SSSR count). The average Bonchev–Trinajstić information content (AvgIpc) is 2.51. The molecule has 0 saturated carbocycles. The van der Waals surface area contributed by atoms with Gasteiger partial charge in [-0.2, -0.15) is 0 Å². The van der Waals surface area contributed by atoms with Gasteiger partial charge in [0.1, 0.15) is 11.2 Å². The van der Waals surface area contributed by atoms with Crippen LogP contribution in [0.3, 0.4) is 0 Å². The molecular weight excluding hydrogens is 374 g/mol. The number of aliphatic hydroxyl groups excluding tert-OH is 1. The minimum Gasteiger partial charge on any atom is -0.444 e. The van der Waals surface area contributed by atoms with E-state index in [1.165, 1.54) is 5.01 Å². The Balaban J connectivity index is 2.77. The predicted octanol–water partition coefficient (Wildman–Crippen LogP) is 2.85. The third kappa shape index (κ3) is 11.3. The standard InChI is InChI=1S/C21H35N3O5/c1-20(2,3)28-18(26)22-16(13-15-11-9-8-10-12-15)17(25)14-24(7)23-19(27)29-21(4,5)6/h8-12,16-17,25H,13-14H2,1-7H3,(H,22,26)(H,23,27)/t16-,17-/m0/s1. The number of hydrogen-bond donors (Lipinski definition) is 3. The molecule has 3 N–H and O–H groups in total. The van der Waals surface area contributed by atoms with Crippen LogP contribution in [0.1, 0.15) is 47.1 Å². The lowest BCUT2D eigenvalue weighted by molar-refractivity contribution is 0.0193. The fourth-order valence-corrected chi connectivity index (χ4v) is 2.52. The number of ether oxygens (including phenoxy) is 2. The molecule has 0 aromatic heterocycles. The summed E-state index contributed by atoms with van der Waals surface area (Å²) in [5, 5.41) is 14.9. The van der Waals surface area contributed by atoms with Crippen LogP contribution >= 0.6 is 0 Å². The first-order valence-corrected chi connectivity index (χ1v) is 9.67. The van der Waals surface area contributed by atoms with Gasteiger partial charge in [0.25, 0.3) is 0 Å². The molecule has 164 valence electrons. The van der Waals surface area contributed by atoms with E-state index in [2.05, 4.69) is 10.7 Å². The maximum absolute atomic E-state index is 12.2. The normalized spacial score (nSPS) is 14.1. The summed E-state index contributed by atoms with van der Waals surface area (Å²) in [6.45, 7) is 10.7. The van der Waals surface area contributed by atoms with Crippen LogP contribution in [0.25, 0.3) is 0 Å². The van der Waals surface area contributed by atoms with Crippen molar-refractivity contribution in [2.45, 2.75) is 71.3 Å². The zero-order valence-electron chi connectivity index (χ0n) is 18.5. The number of carbonyl (C=O) groups is 2. The van der Waals surface area contributed by atoms with Gasteiger partial charge >= 0.3 is 12.2 Å². The van der Waals surface area contributed by atoms with Crippen LogP contribution in [-0.4, -0.2) is 59.2 Å². The Morgan fingerprint density at radius 3 is 2.03 bits per heavy atom. The van der Waals surface area contributed by atoms with Gasteiger partial charge in [-0.05, 0) is 53.5 Å². The summed E-state index contributed by atoms with van der Waals surface area (Å²) in [6.07, 6.45) is -1.79. The van der Waals surface area contributed by atoms with Crippen molar-refractivity contribution in [3.05, 3.63) is 35.9 Å². The molecule has 0 bridgehead atoms. The van der Waals surface area contributed by atoms with Crippen LogP contribution < -0.4 is 10.7 Å². The van der Waals surface area contributed by atoms with Gasteiger partial charge < -0.3 is 19.9 Å². The number of hydrazine groups is 1. The van der Waals surface area contributed by atoms with Crippen LogP contribution in [0.15, 0.2) is 30.3 Å². The second-order valence-corrected chi connectivity index (χ2v) is 9.00. The third-order valence-corrected chi connectivity index (χ3v) is 3.61. The van der Waals surface area contributed by atoms with Crippen molar-refractivity contribution < 1.29 is 24.2 Å². The molecule has 8 nitrogen and oxygen atoms in total. The molecule has 0 aliphatic heterocycles. The highest BCUT2D eigenvalue weighted by molar-refractivity contribution is 5.68. The minimum atomic E-state index is -0.970. The first kappa shape index (κ1) is 24.7. The van der Waals surface area contributed by atoms with Crippen LogP contribution in [0.4, 0.5) is 9.59 Å². The number of benzene rings is 1. The molecule has 0 unspecified atom stereocenters. The SMILES string of the molecule is CN(C[C@H](O)[C@H](Cc1ccccc1)NC(=O)OC(C)(C)C)NC(=O)OC(C)(C)C. The number of nitrogens with one attached hydrogen (secondary N) is 2. The van der Waals surface area contributed by atoms with Crippen LogP contribution in [0.2, 0.25) is 0 Å². The molecule has 1 aromatic rings. The van der Waals surface area contributed by atoms with Crippen molar-refractivity contribution in [3.63, 3.8) is 0 Å². The summed E-state index contributed by atoms with van der Waals surface area (Å²) in [5.41, 5.74) is 2.22. The number of carbonyl (C=O) groups excluding carboxylic acids is 2. The minimum absolute atomic E-state index is 0.0759. The highest BCUT2D eigenvalue weighted by Gasteiger charge is 2.27. The van der Waals surface area contributed by atoms with Crippen molar-refractivity contribution in [1.82, 2.24) is 15.8 Å². The number of amides is 2. The molecular formula is C21H35N3O5. The maximum atomic E-state index is 12.2. The van der Waals surface area contributed by atoms with Crippen molar-refractivity contribution in [2.24, 2.45) is 0 Å². The van der Waals surface area contributed by atoms with Crippen molar-refractivity contribution in [1.29, 1.82) is 0 Å². The molecule has 0 radical (unpaired) electrons. The number of rotatable bonds is 7. The van der Waals surface area contributed by atoms with E-state index >= 15 is 0 Å². The quantitative estimate of drug-likeness (QED) is 0.599. The zero-order valence-corrected chi connectivity index (χ0v) is 18.5. The van der Waals surface area contributed by atoms with Crippen LogP contribution in [0.5, 0.6) is 0 Å². The summed E-state index contributed by atoms with van der Waals surface area (Å²) >= 11 is 0. The summed E-state index contributed by atoms with van der Waals surface area (Å²) in [4.78, 5) is 24.1. The van der Waals surface area contributed by atoms with Crippen LogP contribution in [-0.2, 0) is 15.9 Å². The Hall–Kier alpha value is -2.32. The number of hydrogen-bond acceptors (Lipinski definition) is 6. The highest BCUT2D eigenvalue weighted by Crippen LogP contribution is 2.11. The molecule has 2 amide bonds. The molecule has 0 heterocycles. The Labute approximate surface area is 173 Å². The summed E-state index contributed by atoms with van der Waals surface area (Å²) in [5.74, 6) is 0. The van der Waals surface area contributed by atoms with Gasteiger partial charge in [-0.1, -0.05) is 30.3 Å². The number of alkyl carbamates (subject to hydrolysis) is 1. The highest BCUT2D eigenvalue weighted by atomic mass is 16.6. The first-order valence-electron chi connectivity index (χ1n) is 9.67. The van der Waals surface area contributed by atoms with Crippen molar-refractivity contribution in [3.8, 4) is 0 Å². The Bertz CT molecular complexity index is 653. The van der Waals surface area contributed by atoms with Gasteiger partial charge in [0, 0.05) is 13.6 Å².